The second kappa shape index (κ2) is 18.9. The minimum atomic E-state index is -0.420. The molecule has 0 bridgehead atoms. The predicted octanol–water partition coefficient (Wildman–Crippen LogP) is 17.8. The molecule has 2 aliphatic carbocycles. The van der Waals surface area contributed by atoms with E-state index >= 15 is 0 Å². The summed E-state index contributed by atoms with van der Waals surface area (Å²) in [6.07, 6.45) is 0. The molecule has 6 heteroatoms. The zero-order valence-corrected chi connectivity index (χ0v) is 50.2. The number of fused-ring (bicyclic) bond motifs is 14. The second-order valence-corrected chi connectivity index (χ2v) is 25.9. The van der Waals surface area contributed by atoms with E-state index in [1.165, 1.54) is 61.0 Å². The van der Waals surface area contributed by atoms with Crippen molar-refractivity contribution in [2.45, 2.75) is 38.5 Å². The van der Waals surface area contributed by atoms with Gasteiger partial charge in [0.15, 0.2) is 0 Å². The molecule has 0 saturated heterocycles. The molecule has 0 fully saturated rings. The van der Waals surface area contributed by atoms with Crippen LogP contribution in [-0.4, -0.2) is 13.4 Å². The lowest BCUT2D eigenvalue weighted by Crippen LogP contribution is -2.64. The van der Waals surface area contributed by atoms with Crippen LogP contribution >= 0.6 is 0 Å². The van der Waals surface area contributed by atoms with Crippen molar-refractivity contribution in [1.29, 1.82) is 0 Å². The smallest absolute Gasteiger partial charge is 0.256 e. The largest absolute Gasteiger partial charge is 0.458 e. The van der Waals surface area contributed by atoms with Crippen molar-refractivity contribution in [3.8, 4) is 67.1 Å². The molecule has 90 heavy (non-hydrogen) atoms. The van der Waals surface area contributed by atoms with Gasteiger partial charge in [-0.15, -0.1) is 0 Å². The van der Waals surface area contributed by atoms with Crippen LogP contribution in [0, 0.1) is 0 Å². The first kappa shape index (κ1) is 46.4. The first-order chi connectivity index (χ1) is 46.3. The molecular formula is C84H59B2N3O. The van der Waals surface area contributed by atoms with E-state index in [-0.39, 0.29) is 54.0 Å². The lowest BCUT2D eigenvalue weighted by Gasteiger charge is -2.45. The molecule has 4 nitrogen and oxygen atoms in total. The first-order valence-corrected chi connectivity index (χ1v) is 31.3. The second-order valence-electron chi connectivity index (χ2n) is 25.9. The molecule has 0 amide bonds. The third-order valence-corrected chi connectivity index (χ3v) is 20.5. The van der Waals surface area contributed by atoms with Crippen molar-refractivity contribution >= 4 is 97.4 Å². The van der Waals surface area contributed by atoms with Crippen LogP contribution in [0.3, 0.4) is 0 Å². The quantitative estimate of drug-likeness (QED) is 0.154. The summed E-state index contributed by atoms with van der Waals surface area (Å²) in [5, 5.41) is 0. The number of anilines is 9. The van der Waals surface area contributed by atoms with Gasteiger partial charge in [0.1, 0.15) is 11.5 Å². The molecular weight excluding hydrogens is 1090 g/mol. The fraction of sp³-hybridized carbons (Fsp3) is 0.0714. The lowest BCUT2D eigenvalue weighted by atomic mass is 9.30. The Morgan fingerprint density at radius 2 is 0.756 bits per heavy atom. The monoisotopic (exact) mass is 1150 g/mol. The van der Waals surface area contributed by atoms with Gasteiger partial charge in [-0.3, -0.25) is 0 Å². The van der Waals surface area contributed by atoms with E-state index in [1.807, 2.05) is 24.3 Å². The summed E-state index contributed by atoms with van der Waals surface area (Å²) in [6.45, 7) is 8.94. The summed E-state index contributed by atoms with van der Waals surface area (Å²) in [5.41, 5.74) is 30.8. The summed E-state index contributed by atoms with van der Waals surface area (Å²) >= 11 is 0. The Kier molecular flexibility index (Phi) is 9.71. The van der Waals surface area contributed by atoms with Crippen LogP contribution in [0.25, 0.3) is 55.6 Å². The number of nitrogens with zero attached hydrogens (tertiary/aromatic N) is 3. The SMILES string of the molecule is [2H]c1c([2H])c([2H])c(-c2ccc(N3c4cc5c(cc4B4c6ccccc6N(c6ccccc6)c6cc(-c7cccc8c7C(C)(C)c7ccccc7-8)cc3c64)B3c4ccccc4N(c4ccccc4)c4cc(-c6cccc7c6C(C)(C)c6ccccc6-7)cc(c43)O5)cc2)c([2H])c1[2H]. The first-order valence-electron chi connectivity index (χ1n) is 33.8. The van der Waals surface area contributed by atoms with E-state index in [4.69, 9.17) is 11.6 Å². The number of benzene rings is 13. The van der Waals surface area contributed by atoms with Gasteiger partial charge in [0.2, 0.25) is 0 Å². The fourth-order valence-electron chi connectivity index (χ4n) is 16.8. The van der Waals surface area contributed by atoms with Gasteiger partial charge in [-0.25, -0.2) is 0 Å². The summed E-state index contributed by atoms with van der Waals surface area (Å²) in [6, 6.07) is 91.2. The molecule has 0 spiro atoms. The Labute approximate surface area is 533 Å². The normalized spacial score (nSPS) is 15.6. The predicted molar refractivity (Wildman–Crippen MR) is 378 cm³/mol. The number of rotatable bonds is 6. The molecule has 0 saturated carbocycles. The molecule has 4 aliphatic heterocycles. The van der Waals surface area contributed by atoms with Gasteiger partial charge in [0.25, 0.3) is 13.4 Å². The molecule has 4 heterocycles. The molecule has 0 atom stereocenters. The van der Waals surface area contributed by atoms with Crippen LogP contribution in [0.15, 0.2) is 285 Å². The number of para-hydroxylation sites is 4. The molecule has 19 rings (SSSR count). The topological polar surface area (TPSA) is 19.0 Å². The van der Waals surface area contributed by atoms with E-state index in [0.717, 1.165) is 101 Å². The van der Waals surface area contributed by atoms with Crippen LogP contribution < -0.4 is 52.2 Å². The third kappa shape index (κ3) is 7.10. The van der Waals surface area contributed by atoms with Crippen molar-refractivity contribution in [2.75, 3.05) is 14.7 Å². The highest BCUT2D eigenvalue weighted by Crippen LogP contribution is 2.56. The summed E-state index contributed by atoms with van der Waals surface area (Å²) in [5.74, 6) is 1.56. The highest BCUT2D eigenvalue weighted by molar-refractivity contribution is 7.02. The van der Waals surface area contributed by atoms with Crippen molar-refractivity contribution in [1.82, 2.24) is 0 Å². The Bertz CT molecular complexity index is 5490. The van der Waals surface area contributed by atoms with E-state index < -0.39 is 6.04 Å². The Hall–Kier alpha value is -10.8. The standard InChI is InChI=1S/C84H59B2N3O/c1-83(2)65-36-16-14-30-61(65)63-34-22-32-59(79(63)83)54-46-74-81-75(47-54)89(58-44-42-53(43-45-58)52-24-8-5-9-25-52)73-51-77-70(50-69(73)85(81)67-38-18-20-40-71(67)87(74)56-26-10-6-11-27-56)86-68-39-19-21-41-72(68)88(57-28-12-7-13-29-57)76-48-55(49-78(90-77)82(76)86)60-33-23-35-64-62-31-15-17-37-66(62)84(3,4)80(60)64/h5-51H,1-4H3/i5D,8D,9D,24D,25D. The van der Waals surface area contributed by atoms with Crippen LogP contribution in [0.4, 0.5) is 51.2 Å². The highest BCUT2D eigenvalue weighted by Gasteiger charge is 2.49. The van der Waals surface area contributed by atoms with Gasteiger partial charge in [-0.1, -0.05) is 234 Å². The van der Waals surface area contributed by atoms with E-state index in [1.54, 1.807) is 0 Å². The molecule has 13 aromatic rings. The van der Waals surface area contributed by atoms with Crippen molar-refractivity contribution < 1.29 is 11.6 Å². The minimum absolute atomic E-state index is 0.157. The van der Waals surface area contributed by atoms with Crippen LogP contribution in [0.5, 0.6) is 11.5 Å². The van der Waals surface area contributed by atoms with Crippen LogP contribution in [-0.2, 0) is 10.8 Å². The molecule has 0 radical (unpaired) electrons. The average molecular weight is 1150 g/mol. The maximum atomic E-state index is 9.09. The van der Waals surface area contributed by atoms with Crippen LogP contribution in [0.1, 0.15) is 56.8 Å². The Balaban J connectivity index is 0.893. The number of hydrogen-bond acceptors (Lipinski definition) is 4. The average Bonchev–Trinajstić information content (AvgIpc) is 1.30. The van der Waals surface area contributed by atoms with Gasteiger partial charge in [-0.2, -0.15) is 0 Å². The van der Waals surface area contributed by atoms with Gasteiger partial charge in [-0.05, 0) is 183 Å². The molecule has 0 aromatic heterocycles. The molecule has 0 N–H and O–H groups in total. The zero-order valence-electron chi connectivity index (χ0n) is 55.2. The van der Waals surface area contributed by atoms with Crippen LogP contribution in [0.2, 0.25) is 0 Å². The van der Waals surface area contributed by atoms with Gasteiger partial charge in [0.05, 0.1) is 6.85 Å². The van der Waals surface area contributed by atoms with Crippen molar-refractivity contribution in [3.63, 3.8) is 0 Å². The maximum absolute atomic E-state index is 9.09. The third-order valence-electron chi connectivity index (χ3n) is 20.5. The van der Waals surface area contributed by atoms with Gasteiger partial charge in [0, 0.05) is 68.1 Å². The molecule has 13 aromatic carbocycles. The summed E-state index contributed by atoms with van der Waals surface area (Å²) in [7, 11) is 0. The van der Waals surface area contributed by atoms with Crippen molar-refractivity contribution in [3.05, 3.63) is 307 Å². The van der Waals surface area contributed by atoms with Crippen molar-refractivity contribution in [2.24, 2.45) is 0 Å². The maximum Gasteiger partial charge on any atom is 0.256 e. The number of hydrogen-bond donors (Lipinski definition) is 0. The number of ether oxygens (including phenoxy) is 1. The fourth-order valence-corrected chi connectivity index (χ4v) is 16.8. The van der Waals surface area contributed by atoms with E-state index in [2.05, 4.69) is 273 Å². The summed E-state index contributed by atoms with van der Waals surface area (Å²) in [4.78, 5) is 7.30. The zero-order chi connectivity index (χ0) is 64.1. The molecule has 0 unspecified atom stereocenters. The van der Waals surface area contributed by atoms with Gasteiger partial charge >= 0.3 is 0 Å². The minimum Gasteiger partial charge on any atom is -0.458 e. The van der Waals surface area contributed by atoms with E-state index in [0.29, 0.717) is 5.56 Å². The molecule has 422 valence electrons. The highest BCUT2D eigenvalue weighted by atomic mass is 16.5. The molecule has 6 aliphatic rings. The lowest BCUT2D eigenvalue weighted by molar-refractivity contribution is 0.488. The van der Waals surface area contributed by atoms with Gasteiger partial charge < -0.3 is 19.4 Å². The Morgan fingerprint density at radius 3 is 1.32 bits per heavy atom. The summed E-state index contributed by atoms with van der Waals surface area (Å²) < 4.78 is 51.8. The van der Waals surface area contributed by atoms with E-state index in [9.17, 15) is 0 Å². The Morgan fingerprint density at radius 1 is 0.311 bits per heavy atom.